The molecule has 21 heavy (non-hydrogen) atoms. The summed E-state index contributed by atoms with van der Waals surface area (Å²) in [7, 11) is 0. The molecule has 0 saturated carbocycles. The molecular weight excluding hydrogens is 258 g/mol. The first-order valence-electron chi connectivity index (χ1n) is 7.63. The first-order valence-corrected chi connectivity index (χ1v) is 7.63. The molecular formula is C19H21NO. The van der Waals surface area contributed by atoms with E-state index in [1.807, 2.05) is 25.1 Å². The molecule has 0 aromatic heterocycles. The molecule has 2 N–H and O–H groups in total. The van der Waals surface area contributed by atoms with Gasteiger partial charge in [0.1, 0.15) is 0 Å². The minimum absolute atomic E-state index is 0.210. The number of carbonyl (C=O) groups excluding carboxylic acids is 1. The smallest absolute Gasteiger partial charge is 0.163 e. The van der Waals surface area contributed by atoms with Gasteiger partial charge < -0.3 is 5.73 Å². The zero-order valence-corrected chi connectivity index (χ0v) is 12.4. The lowest BCUT2D eigenvalue weighted by Gasteiger charge is -2.25. The SMILES string of the molecule is Cc1c(N)cccc1C(=O)CC1CCCc2ccccc21. The number of nitrogens with two attached hydrogens (primary N) is 1. The van der Waals surface area contributed by atoms with E-state index in [1.165, 1.54) is 17.5 Å². The summed E-state index contributed by atoms with van der Waals surface area (Å²) in [6.07, 6.45) is 3.99. The summed E-state index contributed by atoms with van der Waals surface area (Å²) < 4.78 is 0. The molecule has 0 spiro atoms. The van der Waals surface area contributed by atoms with E-state index < -0.39 is 0 Å². The molecule has 1 unspecified atom stereocenters. The first kappa shape index (κ1) is 13.9. The fourth-order valence-electron chi connectivity index (χ4n) is 3.36. The number of aryl methyl sites for hydroxylation is 1. The van der Waals surface area contributed by atoms with Crippen molar-refractivity contribution < 1.29 is 4.79 Å². The highest BCUT2D eigenvalue weighted by Crippen LogP contribution is 2.35. The summed E-state index contributed by atoms with van der Waals surface area (Å²) in [4.78, 5) is 12.6. The minimum atomic E-state index is 0.210. The maximum Gasteiger partial charge on any atom is 0.163 e. The molecule has 1 atom stereocenters. The summed E-state index contributed by atoms with van der Waals surface area (Å²) in [5.74, 6) is 0.560. The van der Waals surface area contributed by atoms with E-state index in [4.69, 9.17) is 5.73 Å². The summed E-state index contributed by atoms with van der Waals surface area (Å²) >= 11 is 0. The monoisotopic (exact) mass is 279 g/mol. The Hall–Kier alpha value is -2.09. The first-order chi connectivity index (χ1) is 10.2. The van der Waals surface area contributed by atoms with Crippen LogP contribution in [0.3, 0.4) is 0 Å². The highest BCUT2D eigenvalue weighted by Gasteiger charge is 2.23. The van der Waals surface area contributed by atoms with E-state index in [2.05, 4.69) is 24.3 Å². The third kappa shape index (κ3) is 2.71. The second-order valence-corrected chi connectivity index (χ2v) is 5.94. The molecule has 2 heteroatoms. The fourth-order valence-corrected chi connectivity index (χ4v) is 3.36. The van der Waals surface area contributed by atoms with Crippen molar-refractivity contribution in [2.75, 3.05) is 5.73 Å². The lowest BCUT2D eigenvalue weighted by atomic mass is 9.79. The van der Waals surface area contributed by atoms with Gasteiger partial charge in [0.25, 0.3) is 0 Å². The number of hydrogen-bond donors (Lipinski definition) is 1. The Morgan fingerprint density at radius 2 is 2.00 bits per heavy atom. The second-order valence-electron chi connectivity index (χ2n) is 5.94. The van der Waals surface area contributed by atoms with Crippen molar-refractivity contribution >= 4 is 11.5 Å². The number of rotatable bonds is 3. The van der Waals surface area contributed by atoms with Crippen molar-refractivity contribution in [2.24, 2.45) is 0 Å². The molecule has 0 radical (unpaired) electrons. The van der Waals surface area contributed by atoms with E-state index in [0.29, 0.717) is 18.0 Å². The molecule has 1 aliphatic carbocycles. The minimum Gasteiger partial charge on any atom is -0.398 e. The van der Waals surface area contributed by atoms with Gasteiger partial charge in [-0.2, -0.15) is 0 Å². The number of anilines is 1. The summed E-state index contributed by atoms with van der Waals surface area (Å²) in [6.45, 7) is 1.93. The van der Waals surface area contributed by atoms with Crippen LogP contribution in [-0.2, 0) is 6.42 Å². The highest BCUT2D eigenvalue weighted by molar-refractivity contribution is 5.99. The Balaban J connectivity index is 1.85. The zero-order valence-electron chi connectivity index (χ0n) is 12.4. The lowest BCUT2D eigenvalue weighted by Crippen LogP contribution is -2.14. The van der Waals surface area contributed by atoms with E-state index in [9.17, 15) is 4.79 Å². The van der Waals surface area contributed by atoms with E-state index in [0.717, 1.165) is 24.0 Å². The number of fused-ring (bicyclic) bond motifs is 1. The number of nitrogen functional groups attached to an aromatic ring is 1. The fraction of sp³-hybridized carbons (Fsp3) is 0.316. The molecule has 0 saturated heterocycles. The van der Waals surface area contributed by atoms with E-state index >= 15 is 0 Å². The number of Topliss-reactive ketones (excluding diaryl/α,β-unsaturated/α-hetero) is 1. The Morgan fingerprint density at radius 3 is 2.86 bits per heavy atom. The molecule has 2 nitrogen and oxygen atoms in total. The van der Waals surface area contributed by atoms with Crippen molar-refractivity contribution in [3.05, 3.63) is 64.7 Å². The van der Waals surface area contributed by atoms with Gasteiger partial charge in [0.2, 0.25) is 0 Å². The van der Waals surface area contributed by atoms with E-state index in [-0.39, 0.29) is 5.78 Å². The van der Waals surface area contributed by atoms with Crippen LogP contribution in [0, 0.1) is 6.92 Å². The third-order valence-corrected chi connectivity index (χ3v) is 4.60. The van der Waals surface area contributed by atoms with Crippen LogP contribution in [0.2, 0.25) is 0 Å². The standard InChI is InChI=1S/C19H21NO/c1-13-16(10-5-11-18(13)20)19(21)12-15-8-4-7-14-6-2-3-9-17(14)15/h2-3,5-6,9-11,15H,4,7-8,12,20H2,1H3. The zero-order chi connectivity index (χ0) is 14.8. The number of hydrogen-bond acceptors (Lipinski definition) is 2. The molecule has 108 valence electrons. The lowest BCUT2D eigenvalue weighted by molar-refractivity contribution is 0.0970. The topological polar surface area (TPSA) is 43.1 Å². The Bertz CT molecular complexity index is 675. The predicted octanol–water partition coefficient (Wildman–Crippen LogP) is 4.27. The average molecular weight is 279 g/mol. The third-order valence-electron chi connectivity index (χ3n) is 4.60. The van der Waals surface area contributed by atoms with Gasteiger partial charge in [-0.1, -0.05) is 36.4 Å². The molecule has 1 aliphatic rings. The Labute approximate surface area is 126 Å². The van der Waals surface area contributed by atoms with Gasteiger partial charge in [0, 0.05) is 17.7 Å². The van der Waals surface area contributed by atoms with Gasteiger partial charge in [-0.15, -0.1) is 0 Å². The van der Waals surface area contributed by atoms with Gasteiger partial charge in [-0.25, -0.2) is 0 Å². The van der Waals surface area contributed by atoms with E-state index in [1.54, 1.807) is 0 Å². The van der Waals surface area contributed by atoms with Crippen molar-refractivity contribution in [2.45, 2.75) is 38.5 Å². The van der Waals surface area contributed by atoms with Crippen molar-refractivity contribution in [1.29, 1.82) is 0 Å². The van der Waals surface area contributed by atoms with Gasteiger partial charge in [-0.3, -0.25) is 4.79 Å². The normalized spacial score (nSPS) is 17.3. The molecule has 3 rings (SSSR count). The van der Waals surface area contributed by atoms with Crippen LogP contribution in [0.1, 0.15) is 52.2 Å². The van der Waals surface area contributed by atoms with Crippen LogP contribution < -0.4 is 5.73 Å². The van der Waals surface area contributed by atoms with Gasteiger partial charge in [-0.05, 0) is 54.9 Å². The van der Waals surface area contributed by atoms with Gasteiger partial charge in [0.05, 0.1) is 0 Å². The van der Waals surface area contributed by atoms with Crippen molar-refractivity contribution in [3.63, 3.8) is 0 Å². The van der Waals surface area contributed by atoms with Crippen molar-refractivity contribution in [3.8, 4) is 0 Å². The number of ketones is 1. The molecule has 0 amide bonds. The average Bonchev–Trinajstić information content (AvgIpc) is 2.50. The molecule has 2 aromatic rings. The van der Waals surface area contributed by atoms with Crippen LogP contribution in [0.25, 0.3) is 0 Å². The number of benzene rings is 2. The van der Waals surface area contributed by atoms with Gasteiger partial charge >= 0.3 is 0 Å². The Kier molecular flexibility index (Phi) is 3.78. The van der Waals surface area contributed by atoms with Crippen LogP contribution in [0.4, 0.5) is 5.69 Å². The Morgan fingerprint density at radius 1 is 1.19 bits per heavy atom. The van der Waals surface area contributed by atoms with Crippen LogP contribution in [-0.4, -0.2) is 5.78 Å². The predicted molar refractivity (Wildman–Crippen MR) is 86.7 cm³/mol. The molecule has 0 fully saturated rings. The molecule has 2 aromatic carbocycles. The van der Waals surface area contributed by atoms with Crippen molar-refractivity contribution in [1.82, 2.24) is 0 Å². The maximum absolute atomic E-state index is 12.6. The largest absolute Gasteiger partial charge is 0.398 e. The molecule has 0 bridgehead atoms. The highest BCUT2D eigenvalue weighted by atomic mass is 16.1. The summed E-state index contributed by atoms with van der Waals surface area (Å²) in [5, 5.41) is 0. The van der Waals surface area contributed by atoms with Crippen LogP contribution in [0.5, 0.6) is 0 Å². The molecule has 0 aliphatic heterocycles. The second kappa shape index (κ2) is 5.72. The summed E-state index contributed by atoms with van der Waals surface area (Å²) in [5.41, 5.74) is 11.1. The molecule has 0 heterocycles. The van der Waals surface area contributed by atoms with Crippen LogP contribution in [0.15, 0.2) is 42.5 Å². The number of carbonyl (C=O) groups is 1. The van der Waals surface area contributed by atoms with Crippen LogP contribution >= 0.6 is 0 Å². The van der Waals surface area contributed by atoms with Gasteiger partial charge in [0.15, 0.2) is 5.78 Å². The summed E-state index contributed by atoms with van der Waals surface area (Å²) in [6, 6.07) is 14.1. The maximum atomic E-state index is 12.6. The quantitative estimate of drug-likeness (QED) is 0.673.